The van der Waals surface area contributed by atoms with Crippen LogP contribution in [0.1, 0.15) is 10.5 Å². The lowest BCUT2D eigenvalue weighted by Crippen LogP contribution is -2.13. The number of carbonyl (C=O) groups excluding carboxylic acids is 1. The Morgan fingerprint density at radius 3 is 2.86 bits per heavy atom. The molecule has 1 amide bonds. The molecule has 3 aromatic rings. The molecule has 2 aromatic carbocycles. The molecule has 1 aromatic heterocycles. The molecule has 0 fully saturated rings. The second kappa shape index (κ2) is 5.18. The molecule has 4 nitrogen and oxygen atoms in total. The molecule has 1 N–H and O–H groups in total. The van der Waals surface area contributed by atoms with Gasteiger partial charge in [-0.3, -0.25) is 9.48 Å². The summed E-state index contributed by atoms with van der Waals surface area (Å²) in [7, 11) is 1.76. The van der Waals surface area contributed by atoms with E-state index in [4.69, 9.17) is 11.6 Å². The van der Waals surface area contributed by atoms with Crippen LogP contribution in [0.25, 0.3) is 10.9 Å². The summed E-state index contributed by atoms with van der Waals surface area (Å²) in [4.78, 5) is 12.3. The minimum absolute atomic E-state index is 0.219. The Kier molecular flexibility index (Phi) is 3.35. The summed E-state index contributed by atoms with van der Waals surface area (Å²) < 4.78 is 14.8. The van der Waals surface area contributed by atoms with Crippen LogP contribution >= 0.6 is 11.6 Å². The molecule has 6 heteroatoms. The Labute approximate surface area is 125 Å². The topological polar surface area (TPSA) is 46.9 Å². The normalized spacial score (nSPS) is 10.8. The molecule has 0 bridgehead atoms. The van der Waals surface area contributed by atoms with Gasteiger partial charge in [0.25, 0.3) is 5.91 Å². The van der Waals surface area contributed by atoms with Crippen molar-refractivity contribution >= 4 is 34.1 Å². The van der Waals surface area contributed by atoms with E-state index in [9.17, 15) is 9.18 Å². The molecule has 0 unspecified atom stereocenters. The predicted octanol–water partition coefficient (Wildman–Crippen LogP) is 3.62. The number of anilines is 1. The van der Waals surface area contributed by atoms with Gasteiger partial charge in [-0.05, 0) is 24.3 Å². The molecular formula is C15H11ClFN3O. The summed E-state index contributed by atoms with van der Waals surface area (Å²) in [6.07, 6.45) is 0. The van der Waals surface area contributed by atoms with Crippen LogP contribution in [-0.4, -0.2) is 15.7 Å². The molecular weight excluding hydrogens is 293 g/mol. The first-order valence-corrected chi connectivity index (χ1v) is 6.62. The van der Waals surface area contributed by atoms with Gasteiger partial charge in [-0.1, -0.05) is 29.8 Å². The van der Waals surface area contributed by atoms with Crippen molar-refractivity contribution in [3.8, 4) is 0 Å². The van der Waals surface area contributed by atoms with E-state index >= 15 is 0 Å². The maximum absolute atomic E-state index is 13.2. The molecule has 21 heavy (non-hydrogen) atoms. The van der Waals surface area contributed by atoms with Gasteiger partial charge in [-0.2, -0.15) is 5.10 Å². The lowest BCUT2D eigenvalue weighted by molar-refractivity contribution is 0.102. The Morgan fingerprint density at radius 1 is 1.29 bits per heavy atom. The van der Waals surface area contributed by atoms with E-state index in [1.807, 2.05) is 24.3 Å². The monoisotopic (exact) mass is 303 g/mol. The molecule has 0 atom stereocenters. The van der Waals surface area contributed by atoms with E-state index in [2.05, 4.69) is 10.4 Å². The summed E-state index contributed by atoms with van der Waals surface area (Å²) in [5.74, 6) is -0.903. The van der Waals surface area contributed by atoms with Crippen molar-refractivity contribution in [2.45, 2.75) is 0 Å². The van der Waals surface area contributed by atoms with Crippen molar-refractivity contribution in [3.63, 3.8) is 0 Å². The molecule has 3 rings (SSSR count). The van der Waals surface area contributed by atoms with Gasteiger partial charge >= 0.3 is 0 Å². The summed E-state index contributed by atoms with van der Waals surface area (Å²) in [6.45, 7) is 0. The highest BCUT2D eigenvalue weighted by molar-refractivity contribution is 6.34. The predicted molar refractivity (Wildman–Crippen MR) is 80.1 cm³/mol. The number of nitrogens with one attached hydrogen (secondary N) is 1. The molecule has 106 valence electrons. The van der Waals surface area contributed by atoms with E-state index in [1.54, 1.807) is 11.7 Å². The fourth-order valence-corrected chi connectivity index (χ4v) is 2.32. The number of hydrogen-bond acceptors (Lipinski definition) is 2. The third-order valence-corrected chi connectivity index (χ3v) is 3.48. The first-order valence-electron chi connectivity index (χ1n) is 6.24. The number of aromatic nitrogens is 2. The third-order valence-electron chi connectivity index (χ3n) is 3.15. The highest BCUT2D eigenvalue weighted by atomic mass is 35.5. The summed E-state index contributed by atoms with van der Waals surface area (Å²) in [5.41, 5.74) is 1.33. The highest BCUT2D eigenvalue weighted by Crippen LogP contribution is 2.24. The van der Waals surface area contributed by atoms with Crippen LogP contribution in [0.3, 0.4) is 0 Å². The van der Waals surface area contributed by atoms with Crippen molar-refractivity contribution in [2.75, 3.05) is 5.32 Å². The van der Waals surface area contributed by atoms with Crippen LogP contribution in [-0.2, 0) is 7.05 Å². The molecule has 0 radical (unpaired) electrons. The van der Waals surface area contributed by atoms with Crippen LogP contribution in [0, 0.1) is 5.82 Å². The molecule has 1 heterocycles. The maximum atomic E-state index is 13.2. The van der Waals surface area contributed by atoms with Crippen molar-refractivity contribution in [3.05, 3.63) is 59.0 Å². The van der Waals surface area contributed by atoms with Gasteiger partial charge in [-0.25, -0.2) is 4.39 Å². The van der Waals surface area contributed by atoms with Crippen LogP contribution in [0.2, 0.25) is 5.02 Å². The lowest BCUT2D eigenvalue weighted by atomic mass is 10.2. The van der Waals surface area contributed by atoms with Gasteiger partial charge in [0.1, 0.15) is 5.82 Å². The standard InChI is InChI=1S/C15H11ClFN3O/c1-20-13-5-3-2-4-10(13)14(19-20)15(21)18-12-8-9(17)6-7-11(12)16/h2-8H,1H3,(H,18,21). The highest BCUT2D eigenvalue weighted by Gasteiger charge is 2.17. The number of halogens is 2. The van der Waals surface area contributed by atoms with Gasteiger partial charge in [0.2, 0.25) is 0 Å². The van der Waals surface area contributed by atoms with E-state index in [1.165, 1.54) is 18.2 Å². The molecule has 0 saturated carbocycles. The van der Waals surface area contributed by atoms with Gasteiger partial charge in [0.05, 0.1) is 16.2 Å². The minimum Gasteiger partial charge on any atom is -0.319 e. The van der Waals surface area contributed by atoms with Crippen molar-refractivity contribution in [1.29, 1.82) is 0 Å². The van der Waals surface area contributed by atoms with E-state index in [0.717, 1.165) is 10.9 Å². The Bertz CT molecular complexity index is 844. The molecule has 0 spiro atoms. The minimum atomic E-state index is -0.472. The quantitative estimate of drug-likeness (QED) is 0.786. The zero-order valence-corrected chi connectivity index (χ0v) is 11.9. The number of hydrogen-bond donors (Lipinski definition) is 1. The second-order valence-corrected chi connectivity index (χ2v) is 4.97. The van der Waals surface area contributed by atoms with Crippen molar-refractivity contribution in [1.82, 2.24) is 9.78 Å². The number of carbonyl (C=O) groups is 1. The SMILES string of the molecule is Cn1nc(C(=O)Nc2cc(F)ccc2Cl)c2ccccc21. The Hall–Kier alpha value is -2.40. The van der Waals surface area contributed by atoms with Gasteiger partial charge in [-0.15, -0.1) is 0 Å². The summed E-state index contributed by atoms with van der Waals surface area (Å²) in [5, 5.41) is 7.79. The number of amides is 1. The van der Waals surface area contributed by atoms with E-state index in [-0.39, 0.29) is 16.4 Å². The number of aryl methyl sites for hydroxylation is 1. The lowest BCUT2D eigenvalue weighted by Gasteiger charge is -2.05. The number of para-hydroxylation sites is 1. The molecule has 0 saturated heterocycles. The molecule has 0 aliphatic heterocycles. The van der Waals surface area contributed by atoms with Crippen LogP contribution in [0.5, 0.6) is 0 Å². The fraction of sp³-hybridized carbons (Fsp3) is 0.0667. The van der Waals surface area contributed by atoms with E-state index in [0.29, 0.717) is 0 Å². The average molecular weight is 304 g/mol. The Morgan fingerprint density at radius 2 is 2.05 bits per heavy atom. The first kappa shape index (κ1) is 13.6. The number of benzene rings is 2. The zero-order chi connectivity index (χ0) is 15.0. The van der Waals surface area contributed by atoms with Gasteiger partial charge in [0.15, 0.2) is 5.69 Å². The number of nitrogens with zero attached hydrogens (tertiary/aromatic N) is 2. The number of fused-ring (bicyclic) bond motifs is 1. The summed E-state index contributed by atoms with van der Waals surface area (Å²) in [6, 6.07) is 11.2. The molecule has 0 aliphatic carbocycles. The fourth-order valence-electron chi connectivity index (χ4n) is 2.16. The zero-order valence-electron chi connectivity index (χ0n) is 11.1. The van der Waals surface area contributed by atoms with Crippen molar-refractivity contribution in [2.24, 2.45) is 7.05 Å². The summed E-state index contributed by atoms with van der Waals surface area (Å²) >= 11 is 5.94. The van der Waals surface area contributed by atoms with Gasteiger partial charge in [0, 0.05) is 12.4 Å². The first-order chi connectivity index (χ1) is 10.1. The Balaban J connectivity index is 2.00. The number of rotatable bonds is 2. The molecule has 0 aliphatic rings. The van der Waals surface area contributed by atoms with Crippen LogP contribution in [0.15, 0.2) is 42.5 Å². The van der Waals surface area contributed by atoms with E-state index < -0.39 is 11.7 Å². The third kappa shape index (κ3) is 2.48. The van der Waals surface area contributed by atoms with Crippen LogP contribution in [0.4, 0.5) is 10.1 Å². The maximum Gasteiger partial charge on any atom is 0.276 e. The smallest absolute Gasteiger partial charge is 0.276 e. The average Bonchev–Trinajstić information content (AvgIpc) is 2.81. The van der Waals surface area contributed by atoms with Gasteiger partial charge < -0.3 is 5.32 Å². The second-order valence-electron chi connectivity index (χ2n) is 4.57. The van der Waals surface area contributed by atoms with Crippen molar-refractivity contribution < 1.29 is 9.18 Å². The largest absolute Gasteiger partial charge is 0.319 e. The van der Waals surface area contributed by atoms with Crippen LogP contribution < -0.4 is 5.32 Å².